The van der Waals surface area contributed by atoms with E-state index in [2.05, 4.69) is 5.32 Å². The molecule has 0 fully saturated rings. The Hall–Kier alpha value is -3.42. The molecular weight excluding hydrogens is 352 g/mol. The van der Waals surface area contributed by atoms with E-state index in [1.54, 1.807) is 12.1 Å². The highest BCUT2D eigenvalue weighted by Crippen LogP contribution is 2.30. The quantitative estimate of drug-likeness (QED) is 0.569. The van der Waals surface area contributed by atoms with Gasteiger partial charge in [0.15, 0.2) is 0 Å². The number of nitro groups is 1. The van der Waals surface area contributed by atoms with Crippen LogP contribution in [-0.4, -0.2) is 29.0 Å². The van der Waals surface area contributed by atoms with E-state index < -0.39 is 22.8 Å². The molecule has 1 unspecified atom stereocenters. The highest BCUT2D eigenvalue weighted by atomic mass is 16.6. The fourth-order valence-corrected chi connectivity index (χ4v) is 2.84. The summed E-state index contributed by atoms with van der Waals surface area (Å²) >= 11 is 0. The van der Waals surface area contributed by atoms with Crippen LogP contribution in [0, 0.1) is 24.0 Å². The third-order valence-corrected chi connectivity index (χ3v) is 4.26. The van der Waals surface area contributed by atoms with E-state index in [-0.39, 0.29) is 23.4 Å². The van der Waals surface area contributed by atoms with Crippen LogP contribution in [-0.2, 0) is 4.79 Å². The van der Waals surface area contributed by atoms with Crippen molar-refractivity contribution in [2.45, 2.75) is 26.3 Å². The first-order chi connectivity index (χ1) is 12.7. The number of hydrogen-bond donors (Lipinski definition) is 2. The van der Waals surface area contributed by atoms with E-state index in [0.717, 1.165) is 11.6 Å². The molecule has 0 aliphatic heterocycles. The van der Waals surface area contributed by atoms with Gasteiger partial charge >= 0.3 is 5.97 Å². The minimum absolute atomic E-state index is 0.0214. The predicted octanol–water partition coefficient (Wildman–Crippen LogP) is 3.17. The summed E-state index contributed by atoms with van der Waals surface area (Å²) in [5.74, 6) is -1.48. The minimum atomic E-state index is -1.07. The van der Waals surface area contributed by atoms with Crippen molar-refractivity contribution in [2.24, 2.45) is 0 Å². The number of benzene rings is 2. The Kier molecular flexibility index (Phi) is 6.12. The van der Waals surface area contributed by atoms with Gasteiger partial charge in [0.05, 0.1) is 30.1 Å². The Bertz CT molecular complexity index is 894. The standard InChI is InChI=1S/C19H20N2O6/c1-11-6-4-5-7-14(11)15(10-18(22)23)20-19(24)13-8-16(21(25)26)12(2)17(9-13)27-3/h4-9,15H,10H2,1-3H3,(H,20,24)(H,22,23). The number of rotatable bonds is 7. The fourth-order valence-electron chi connectivity index (χ4n) is 2.84. The van der Waals surface area contributed by atoms with Crippen LogP contribution in [0.5, 0.6) is 5.75 Å². The Morgan fingerprint density at radius 2 is 1.93 bits per heavy atom. The molecule has 8 heteroatoms. The SMILES string of the molecule is COc1cc(C(=O)NC(CC(=O)O)c2ccccc2C)cc([N+](=O)[O-])c1C. The number of aryl methyl sites for hydroxylation is 1. The van der Waals surface area contributed by atoms with Crippen molar-refractivity contribution in [3.05, 3.63) is 68.8 Å². The summed E-state index contributed by atoms with van der Waals surface area (Å²) in [5.41, 5.74) is 1.58. The minimum Gasteiger partial charge on any atom is -0.496 e. The van der Waals surface area contributed by atoms with Gasteiger partial charge in [-0.25, -0.2) is 0 Å². The van der Waals surface area contributed by atoms with Gasteiger partial charge < -0.3 is 15.2 Å². The van der Waals surface area contributed by atoms with Crippen molar-refractivity contribution in [2.75, 3.05) is 7.11 Å². The van der Waals surface area contributed by atoms with Crippen LogP contribution in [0.3, 0.4) is 0 Å². The summed E-state index contributed by atoms with van der Waals surface area (Å²) in [5, 5.41) is 23.1. The fraction of sp³-hybridized carbons (Fsp3) is 0.263. The van der Waals surface area contributed by atoms with E-state index in [0.29, 0.717) is 11.1 Å². The Morgan fingerprint density at radius 1 is 1.26 bits per heavy atom. The van der Waals surface area contributed by atoms with E-state index >= 15 is 0 Å². The molecule has 8 nitrogen and oxygen atoms in total. The van der Waals surface area contributed by atoms with Crippen LogP contribution in [0.15, 0.2) is 36.4 Å². The number of nitro benzene ring substituents is 1. The molecule has 0 aliphatic rings. The lowest BCUT2D eigenvalue weighted by Gasteiger charge is -2.20. The first-order valence-corrected chi connectivity index (χ1v) is 8.15. The molecule has 1 amide bonds. The van der Waals surface area contributed by atoms with E-state index in [9.17, 15) is 24.8 Å². The van der Waals surface area contributed by atoms with Gasteiger partial charge in [-0.05, 0) is 31.0 Å². The average molecular weight is 372 g/mol. The third-order valence-electron chi connectivity index (χ3n) is 4.26. The smallest absolute Gasteiger partial charge is 0.305 e. The molecule has 0 aliphatic carbocycles. The van der Waals surface area contributed by atoms with Crippen molar-refractivity contribution in [1.82, 2.24) is 5.32 Å². The largest absolute Gasteiger partial charge is 0.496 e. The molecule has 0 spiro atoms. The van der Waals surface area contributed by atoms with Gasteiger partial charge in [-0.3, -0.25) is 19.7 Å². The summed E-state index contributed by atoms with van der Waals surface area (Å²) in [6.45, 7) is 3.34. The number of amides is 1. The molecule has 2 aromatic rings. The summed E-state index contributed by atoms with van der Waals surface area (Å²) in [6.07, 6.45) is -0.318. The second kappa shape index (κ2) is 8.31. The molecular formula is C19H20N2O6. The second-order valence-corrected chi connectivity index (χ2v) is 6.06. The Morgan fingerprint density at radius 3 is 2.48 bits per heavy atom. The third kappa shape index (κ3) is 4.60. The van der Waals surface area contributed by atoms with Gasteiger partial charge in [-0.15, -0.1) is 0 Å². The number of carboxylic acid groups (broad SMARTS) is 1. The normalized spacial score (nSPS) is 11.5. The van der Waals surface area contributed by atoms with Gasteiger partial charge in [0.25, 0.3) is 11.6 Å². The van der Waals surface area contributed by atoms with Crippen LogP contribution >= 0.6 is 0 Å². The van der Waals surface area contributed by atoms with Crippen LogP contribution in [0.25, 0.3) is 0 Å². The van der Waals surface area contributed by atoms with Gasteiger partial charge in [0.1, 0.15) is 5.75 Å². The highest BCUT2D eigenvalue weighted by Gasteiger charge is 2.24. The maximum Gasteiger partial charge on any atom is 0.305 e. The van der Waals surface area contributed by atoms with Crippen molar-refractivity contribution in [3.8, 4) is 5.75 Å². The molecule has 0 bridgehead atoms. The average Bonchev–Trinajstić information content (AvgIpc) is 2.61. The van der Waals surface area contributed by atoms with Crippen molar-refractivity contribution in [1.29, 1.82) is 0 Å². The summed E-state index contributed by atoms with van der Waals surface area (Å²) < 4.78 is 5.12. The number of methoxy groups -OCH3 is 1. The molecule has 1 atom stereocenters. The number of ether oxygens (including phenoxy) is 1. The van der Waals surface area contributed by atoms with Crippen LogP contribution in [0.2, 0.25) is 0 Å². The first kappa shape index (κ1) is 19.9. The van der Waals surface area contributed by atoms with Gasteiger partial charge in [-0.1, -0.05) is 24.3 Å². The maximum absolute atomic E-state index is 12.7. The summed E-state index contributed by atoms with van der Waals surface area (Å²) in [6, 6.07) is 8.89. The molecule has 0 saturated carbocycles. The molecule has 27 heavy (non-hydrogen) atoms. The number of carbonyl (C=O) groups is 2. The zero-order valence-corrected chi connectivity index (χ0v) is 15.2. The van der Waals surface area contributed by atoms with Gasteiger partial charge in [0, 0.05) is 11.6 Å². The van der Waals surface area contributed by atoms with Crippen molar-refractivity contribution in [3.63, 3.8) is 0 Å². The Labute approximate surface area is 155 Å². The Balaban J connectivity index is 2.40. The molecule has 0 heterocycles. The van der Waals surface area contributed by atoms with E-state index in [1.807, 2.05) is 19.1 Å². The van der Waals surface area contributed by atoms with Crippen LogP contribution in [0.4, 0.5) is 5.69 Å². The zero-order chi connectivity index (χ0) is 20.1. The predicted molar refractivity (Wildman–Crippen MR) is 98.0 cm³/mol. The molecule has 2 N–H and O–H groups in total. The number of nitrogens with one attached hydrogen (secondary N) is 1. The van der Waals surface area contributed by atoms with Gasteiger partial charge in [0.2, 0.25) is 0 Å². The zero-order valence-electron chi connectivity index (χ0n) is 15.2. The highest BCUT2D eigenvalue weighted by molar-refractivity contribution is 5.96. The number of carbonyl (C=O) groups excluding carboxylic acids is 1. The molecule has 0 saturated heterocycles. The lowest BCUT2D eigenvalue weighted by atomic mass is 9.98. The molecule has 0 radical (unpaired) electrons. The molecule has 142 valence electrons. The number of hydrogen-bond acceptors (Lipinski definition) is 5. The summed E-state index contributed by atoms with van der Waals surface area (Å²) in [7, 11) is 1.36. The number of aliphatic carboxylic acids is 1. The maximum atomic E-state index is 12.7. The van der Waals surface area contributed by atoms with Crippen molar-refractivity contribution < 1.29 is 24.4 Å². The second-order valence-electron chi connectivity index (χ2n) is 6.06. The summed E-state index contributed by atoms with van der Waals surface area (Å²) in [4.78, 5) is 34.6. The van der Waals surface area contributed by atoms with E-state index in [1.165, 1.54) is 20.1 Å². The van der Waals surface area contributed by atoms with Crippen molar-refractivity contribution >= 4 is 17.6 Å². The molecule has 2 rings (SSSR count). The topological polar surface area (TPSA) is 119 Å². The van der Waals surface area contributed by atoms with E-state index in [4.69, 9.17) is 4.74 Å². The van der Waals surface area contributed by atoms with Crippen LogP contribution in [0.1, 0.15) is 39.5 Å². The monoisotopic (exact) mass is 372 g/mol. The number of nitrogens with zero attached hydrogens (tertiary/aromatic N) is 1. The van der Waals surface area contributed by atoms with Crippen LogP contribution < -0.4 is 10.1 Å². The number of carboxylic acids is 1. The lowest BCUT2D eigenvalue weighted by molar-refractivity contribution is -0.385. The molecule has 0 aromatic heterocycles. The molecule has 2 aromatic carbocycles. The lowest BCUT2D eigenvalue weighted by Crippen LogP contribution is -2.30. The van der Waals surface area contributed by atoms with Gasteiger partial charge in [-0.2, -0.15) is 0 Å². The first-order valence-electron chi connectivity index (χ1n) is 8.15.